The molecule has 0 saturated heterocycles. The third-order valence-electron chi connectivity index (χ3n) is 3.06. The molecule has 6 heteroatoms. The first-order valence-electron chi connectivity index (χ1n) is 6.70. The fourth-order valence-corrected chi connectivity index (χ4v) is 2.34. The number of rotatable bonds is 5. The first-order valence-corrected chi connectivity index (χ1v) is 7.46. The van der Waals surface area contributed by atoms with Gasteiger partial charge in [-0.1, -0.05) is 23.2 Å². The summed E-state index contributed by atoms with van der Waals surface area (Å²) in [6.45, 7) is 2.41. The number of carbonyl (C=O) groups excluding carboxylic acids is 1. The number of nitrogens with one attached hydrogen (secondary N) is 2. The van der Waals surface area contributed by atoms with E-state index in [0.717, 1.165) is 11.3 Å². The SMILES string of the molecule is Cc1cc(Cl)ccc1NCCC(=O)Nc1ccc(F)c(Cl)c1. The van der Waals surface area contributed by atoms with Gasteiger partial charge in [-0.05, 0) is 48.9 Å². The van der Waals surface area contributed by atoms with Gasteiger partial charge < -0.3 is 10.6 Å². The molecule has 116 valence electrons. The van der Waals surface area contributed by atoms with Gasteiger partial charge in [-0.25, -0.2) is 4.39 Å². The second kappa shape index (κ2) is 7.47. The molecule has 0 aliphatic heterocycles. The smallest absolute Gasteiger partial charge is 0.226 e. The molecule has 0 heterocycles. The monoisotopic (exact) mass is 340 g/mol. The van der Waals surface area contributed by atoms with Crippen LogP contribution in [0.3, 0.4) is 0 Å². The summed E-state index contributed by atoms with van der Waals surface area (Å²) in [5.74, 6) is -0.693. The number of amides is 1. The molecule has 1 amide bonds. The Morgan fingerprint density at radius 3 is 2.64 bits per heavy atom. The largest absolute Gasteiger partial charge is 0.384 e. The van der Waals surface area contributed by atoms with Gasteiger partial charge in [-0.3, -0.25) is 4.79 Å². The number of hydrogen-bond acceptors (Lipinski definition) is 2. The Labute approximate surface area is 138 Å². The normalized spacial score (nSPS) is 10.4. The van der Waals surface area contributed by atoms with Crippen LogP contribution in [0.25, 0.3) is 0 Å². The van der Waals surface area contributed by atoms with Gasteiger partial charge >= 0.3 is 0 Å². The van der Waals surface area contributed by atoms with Crippen molar-refractivity contribution < 1.29 is 9.18 Å². The molecule has 0 aromatic heterocycles. The van der Waals surface area contributed by atoms with Gasteiger partial charge in [-0.2, -0.15) is 0 Å². The molecule has 3 nitrogen and oxygen atoms in total. The van der Waals surface area contributed by atoms with Crippen LogP contribution in [-0.2, 0) is 4.79 Å². The van der Waals surface area contributed by atoms with Crippen LogP contribution in [0.4, 0.5) is 15.8 Å². The summed E-state index contributed by atoms with van der Waals surface area (Å²) in [6, 6.07) is 9.58. The predicted octanol–water partition coefficient (Wildman–Crippen LogP) is 4.88. The molecule has 2 aromatic carbocycles. The van der Waals surface area contributed by atoms with E-state index < -0.39 is 5.82 Å². The van der Waals surface area contributed by atoms with Crippen molar-refractivity contribution in [2.75, 3.05) is 17.2 Å². The van der Waals surface area contributed by atoms with Crippen molar-refractivity contribution in [1.82, 2.24) is 0 Å². The first kappa shape index (κ1) is 16.6. The maximum atomic E-state index is 13.0. The van der Waals surface area contributed by atoms with Gasteiger partial charge in [0.15, 0.2) is 0 Å². The molecule has 2 aromatic rings. The molecule has 0 bridgehead atoms. The summed E-state index contributed by atoms with van der Waals surface area (Å²) < 4.78 is 13.0. The predicted molar refractivity (Wildman–Crippen MR) is 89.3 cm³/mol. The van der Waals surface area contributed by atoms with Crippen molar-refractivity contribution in [2.24, 2.45) is 0 Å². The molecule has 22 heavy (non-hydrogen) atoms. The molecule has 0 aliphatic carbocycles. The van der Waals surface area contributed by atoms with Gasteiger partial charge in [-0.15, -0.1) is 0 Å². The lowest BCUT2D eigenvalue weighted by Crippen LogP contribution is -2.16. The fourth-order valence-electron chi connectivity index (χ4n) is 1.93. The Kier molecular flexibility index (Phi) is 5.63. The number of benzene rings is 2. The Balaban J connectivity index is 1.83. The molecule has 0 spiro atoms. The molecule has 2 rings (SSSR count). The minimum Gasteiger partial charge on any atom is -0.384 e. The summed E-state index contributed by atoms with van der Waals surface area (Å²) in [7, 11) is 0. The summed E-state index contributed by atoms with van der Waals surface area (Å²) in [4.78, 5) is 11.8. The Hall–Kier alpha value is -1.78. The molecule has 0 unspecified atom stereocenters. The van der Waals surface area contributed by atoms with E-state index in [1.165, 1.54) is 18.2 Å². The van der Waals surface area contributed by atoms with Crippen LogP contribution in [0.2, 0.25) is 10.0 Å². The zero-order valence-electron chi connectivity index (χ0n) is 11.9. The van der Waals surface area contributed by atoms with Crippen molar-refractivity contribution >= 4 is 40.5 Å². The van der Waals surface area contributed by atoms with E-state index in [1.54, 1.807) is 6.07 Å². The van der Waals surface area contributed by atoms with E-state index in [0.29, 0.717) is 17.3 Å². The van der Waals surface area contributed by atoms with E-state index in [9.17, 15) is 9.18 Å². The van der Waals surface area contributed by atoms with E-state index in [1.807, 2.05) is 19.1 Å². The number of halogens is 3. The summed E-state index contributed by atoms with van der Waals surface area (Å²) in [6.07, 6.45) is 0.275. The van der Waals surface area contributed by atoms with Crippen LogP contribution in [0, 0.1) is 12.7 Å². The minimum absolute atomic E-state index is 0.0206. The van der Waals surface area contributed by atoms with Crippen molar-refractivity contribution in [3.8, 4) is 0 Å². The summed E-state index contributed by atoms with van der Waals surface area (Å²) in [5.41, 5.74) is 2.42. The van der Waals surface area contributed by atoms with Crippen LogP contribution in [0.5, 0.6) is 0 Å². The minimum atomic E-state index is -0.514. The lowest BCUT2D eigenvalue weighted by Gasteiger charge is -2.10. The quantitative estimate of drug-likeness (QED) is 0.814. The van der Waals surface area contributed by atoms with Gasteiger partial charge in [0.25, 0.3) is 0 Å². The fraction of sp³-hybridized carbons (Fsp3) is 0.188. The van der Waals surface area contributed by atoms with Crippen LogP contribution in [0.15, 0.2) is 36.4 Å². The number of carbonyl (C=O) groups is 1. The van der Waals surface area contributed by atoms with E-state index in [-0.39, 0.29) is 17.4 Å². The third kappa shape index (κ3) is 4.61. The van der Waals surface area contributed by atoms with Gasteiger partial charge in [0.2, 0.25) is 5.91 Å². The summed E-state index contributed by atoms with van der Waals surface area (Å²) in [5, 5.41) is 6.49. The second-order valence-corrected chi connectivity index (χ2v) is 5.66. The number of aryl methyl sites for hydroxylation is 1. The standard InChI is InChI=1S/C16H15Cl2FN2O/c1-10-8-11(17)2-5-15(10)20-7-6-16(22)21-12-3-4-14(19)13(18)9-12/h2-5,8-9,20H,6-7H2,1H3,(H,21,22). The van der Waals surface area contributed by atoms with Gasteiger partial charge in [0.1, 0.15) is 5.82 Å². The van der Waals surface area contributed by atoms with Crippen LogP contribution in [-0.4, -0.2) is 12.5 Å². The molecular formula is C16H15Cl2FN2O. The average molecular weight is 341 g/mol. The molecule has 0 aliphatic rings. The van der Waals surface area contributed by atoms with Gasteiger partial charge in [0.05, 0.1) is 5.02 Å². The van der Waals surface area contributed by atoms with Crippen molar-refractivity contribution in [1.29, 1.82) is 0 Å². The zero-order chi connectivity index (χ0) is 16.1. The van der Waals surface area contributed by atoms with E-state index in [2.05, 4.69) is 10.6 Å². The lowest BCUT2D eigenvalue weighted by molar-refractivity contribution is -0.115. The maximum Gasteiger partial charge on any atom is 0.226 e. The topological polar surface area (TPSA) is 41.1 Å². The Morgan fingerprint density at radius 1 is 1.18 bits per heavy atom. The highest BCUT2D eigenvalue weighted by atomic mass is 35.5. The molecule has 2 N–H and O–H groups in total. The van der Waals surface area contributed by atoms with Crippen molar-refractivity contribution in [3.63, 3.8) is 0 Å². The van der Waals surface area contributed by atoms with Crippen LogP contribution in [0.1, 0.15) is 12.0 Å². The first-order chi connectivity index (χ1) is 10.5. The van der Waals surface area contributed by atoms with Crippen LogP contribution < -0.4 is 10.6 Å². The molecular weight excluding hydrogens is 326 g/mol. The maximum absolute atomic E-state index is 13.0. The van der Waals surface area contributed by atoms with Crippen LogP contribution >= 0.6 is 23.2 Å². The lowest BCUT2D eigenvalue weighted by atomic mass is 10.2. The van der Waals surface area contributed by atoms with Gasteiger partial charge in [0, 0.05) is 29.4 Å². The third-order valence-corrected chi connectivity index (χ3v) is 3.58. The average Bonchev–Trinajstić information content (AvgIpc) is 2.45. The van der Waals surface area contributed by atoms with E-state index >= 15 is 0 Å². The Morgan fingerprint density at radius 2 is 1.95 bits per heavy atom. The van der Waals surface area contributed by atoms with Crippen molar-refractivity contribution in [2.45, 2.75) is 13.3 Å². The van der Waals surface area contributed by atoms with E-state index in [4.69, 9.17) is 23.2 Å². The molecule has 0 saturated carbocycles. The second-order valence-electron chi connectivity index (χ2n) is 4.81. The molecule has 0 radical (unpaired) electrons. The Bertz CT molecular complexity index is 692. The highest BCUT2D eigenvalue weighted by Crippen LogP contribution is 2.20. The molecule has 0 atom stereocenters. The molecule has 0 fully saturated rings. The zero-order valence-corrected chi connectivity index (χ0v) is 13.4. The van der Waals surface area contributed by atoms with Crippen molar-refractivity contribution in [3.05, 3.63) is 57.8 Å². The number of anilines is 2. The highest BCUT2D eigenvalue weighted by Gasteiger charge is 2.06. The highest BCUT2D eigenvalue weighted by molar-refractivity contribution is 6.31. The summed E-state index contributed by atoms with van der Waals surface area (Å²) >= 11 is 11.5. The number of hydrogen-bond donors (Lipinski definition) is 2.